The molecule has 1 aliphatic heterocycles. The highest BCUT2D eigenvalue weighted by Gasteiger charge is 2.34. The van der Waals surface area contributed by atoms with Crippen molar-refractivity contribution >= 4 is 11.8 Å². The van der Waals surface area contributed by atoms with Gasteiger partial charge < -0.3 is 0 Å². The highest BCUT2D eigenvalue weighted by Crippen LogP contribution is 2.14. The Bertz CT molecular complexity index is 308. The van der Waals surface area contributed by atoms with Crippen LogP contribution < -0.4 is 5.32 Å². The van der Waals surface area contributed by atoms with Crippen LogP contribution in [-0.4, -0.2) is 35.3 Å². The molecular weight excluding hydrogens is 194 g/mol. The van der Waals surface area contributed by atoms with Crippen LogP contribution in [0, 0.1) is 11.3 Å². The molecule has 1 aliphatic rings. The minimum Gasteiger partial charge on any atom is -0.294 e. The maximum atomic E-state index is 11.5. The van der Waals surface area contributed by atoms with Crippen molar-refractivity contribution in [1.29, 1.82) is 5.26 Å². The zero-order chi connectivity index (χ0) is 11.4. The van der Waals surface area contributed by atoms with Crippen molar-refractivity contribution in [2.75, 3.05) is 6.54 Å². The Morgan fingerprint density at radius 3 is 2.87 bits per heavy atom. The molecule has 15 heavy (non-hydrogen) atoms. The lowest BCUT2D eigenvalue weighted by atomic mass is 10.1. The molecule has 5 heteroatoms. The van der Waals surface area contributed by atoms with E-state index in [0.717, 1.165) is 0 Å². The van der Waals surface area contributed by atoms with E-state index in [-0.39, 0.29) is 30.4 Å². The second kappa shape index (κ2) is 4.89. The van der Waals surface area contributed by atoms with Gasteiger partial charge in [-0.15, -0.1) is 0 Å². The van der Waals surface area contributed by atoms with Crippen molar-refractivity contribution in [2.45, 2.75) is 38.8 Å². The topological polar surface area (TPSA) is 73.2 Å². The molecule has 1 fully saturated rings. The number of amides is 2. The van der Waals surface area contributed by atoms with Crippen LogP contribution in [0.5, 0.6) is 0 Å². The first kappa shape index (κ1) is 11.7. The number of carbonyl (C=O) groups is 2. The zero-order valence-corrected chi connectivity index (χ0v) is 8.99. The van der Waals surface area contributed by atoms with E-state index in [9.17, 15) is 9.59 Å². The lowest BCUT2D eigenvalue weighted by Gasteiger charge is -2.36. The van der Waals surface area contributed by atoms with E-state index in [1.165, 1.54) is 0 Å². The Hall–Kier alpha value is -1.41. The third-order valence-corrected chi connectivity index (χ3v) is 2.63. The fraction of sp³-hybridized carbons (Fsp3) is 0.700. The van der Waals surface area contributed by atoms with Crippen molar-refractivity contribution in [2.24, 2.45) is 0 Å². The van der Waals surface area contributed by atoms with E-state index in [0.29, 0.717) is 12.8 Å². The predicted octanol–water partition coefficient (Wildman–Crippen LogP) is 0.0256. The van der Waals surface area contributed by atoms with E-state index >= 15 is 0 Å². The van der Waals surface area contributed by atoms with Gasteiger partial charge in [-0.05, 0) is 13.3 Å². The molecule has 1 rings (SSSR count). The molecule has 0 saturated carbocycles. The van der Waals surface area contributed by atoms with Gasteiger partial charge in [-0.2, -0.15) is 5.26 Å². The molecule has 1 heterocycles. The molecule has 0 aromatic carbocycles. The molecule has 1 saturated heterocycles. The third-order valence-electron chi connectivity index (χ3n) is 2.63. The molecular formula is C10H15N3O2. The molecule has 0 aromatic heterocycles. The Kier molecular flexibility index (Phi) is 3.81. The molecule has 0 spiro atoms. The van der Waals surface area contributed by atoms with E-state index in [4.69, 9.17) is 5.26 Å². The maximum absolute atomic E-state index is 11.5. The van der Waals surface area contributed by atoms with Crippen LogP contribution in [0.1, 0.15) is 26.7 Å². The summed E-state index contributed by atoms with van der Waals surface area (Å²) in [5, 5.41) is 10.9. The van der Waals surface area contributed by atoms with Crippen LogP contribution in [-0.2, 0) is 9.59 Å². The van der Waals surface area contributed by atoms with Gasteiger partial charge in [-0.1, -0.05) is 6.92 Å². The van der Waals surface area contributed by atoms with Gasteiger partial charge in [0.2, 0.25) is 11.8 Å². The van der Waals surface area contributed by atoms with E-state index < -0.39 is 0 Å². The first-order valence-electron chi connectivity index (χ1n) is 5.06. The number of imide groups is 1. The van der Waals surface area contributed by atoms with Crippen LogP contribution in [0.4, 0.5) is 0 Å². The van der Waals surface area contributed by atoms with E-state index in [1.54, 1.807) is 4.90 Å². The average molecular weight is 209 g/mol. The smallest absolute Gasteiger partial charge is 0.243 e. The average Bonchev–Trinajstić information content (AvgIpc) is 2.17. The zero-order valence-electron chi connectivity index (χ0n) is 8.99. The molecule has 0 aromatic rings. The van der Waals surface area contributed by atoms with E-state index in [2.05, 4.69) is 11.4 Å². The summed E-state index contributed by atoms with van der Waals surface area (Å²) in [5.41, 5.74) is 0. The van der Waals surface area contributed by atoms with Gasteiger partial charge in [0.05, 0.1) is 25.1 Å². The summed E-state index contributed by atoms with van der Waals surface area (Å²) in [6, 6.07) is 1.71. The second-order valence-corrected chi connectivity index (χ2v) is 3.72. The minimum absolute atomic E-state index is 0.0602. The SMILES string of the molecule is CCC1C(=O)NC(=O)CN1C(C)CC#N. The Balaban J connectivity index is 2.78. The van der Waals surface area contributed by atoms with Crippen LogP contribution >= 0.6 is 0 Å². The van der Waals surface area contributed by atoms with Gasteiger partial charge in [-0.3, -0.25) is 19.8 Å². The van der Waals surface area contributed by atoms with Crippen LogP contribution in [0.25, 0.3) is 0 Å². The van der Waals surface area contributed by atoms with E-state index in [1.807, 2.05) is 13.8 Å². The summed E-state index contributed by atoms with van der Waals surface area (Å²) in [4.78, 5) is 24.5. The Labute approximate surface area is 89.0 Å². The molecule has 82 valence electrons. The number of hydrogen-bond acceptors (Lipinski definition) is 4. The van der Waals surface area contributed by atoms with Gasteiger partial charge in [0.15, 0.2) is 0 Å². The van der Waals surface area contributed by atoms with Crippen molar-refractivity contribution in [3.63, 3.8) is 0 Å². The molecule has 2 amide bonds. The largest absolute Gasteiger partial charge is 0.294 e. The summed E-state index contributed by atoms with van der Waals surface area (Å²) in [6.07, 6.45) is 0.978. The summed E-state index contributed by atoms with van der Waals surface area (Å²) in [7, 11) is 0. The monoisotopic (exact) mass is 209 g/mol. The first-order valence-corrected chi connectivity index (χ1v) is 5.06. The highest BCUT2D eigenvalue weighted by atomic mass is 16.2. The lowest BCUT2D eigenvalue weighted by molar-refractivity contribution is -0.141. The van der Waals surface area contributed by atoms with Crippen LogP contribution in [0.2, 0.25) is 0 Å². The van der Waals surface area contributed by atoms with Crippen molar-refractivity contribution < 1.29 is 9.59 Å². The Morgan fingerprint density at radius 1 is 1.67 bits per heavy atom. The summed E-state index contributed by atoms with van der Waals surface area (Å²) in [5.74, 6) is -0.534. The molecule has 2 unspecified atom stereocenters. The standard InChI is InChI=1S/C10H15N3O2/c1-3-8-10(15)12-9(14)6-13(8)7(2)4-5-11/h7-8H,3-4,6H2,1-2H3,(H,12,14,15). The highest BCUT2D eigenvalue weighted by molar-refractivity contribution is 6.01. The molecule has 5 nitrogen and oxygen atoms in total. The normalized spacial score (nSPS) is 24.5. The molecule has 0 bridgehead atoms. The number of nitrogens with one attached hydrogen (secondary N) is 1. The summed E-state index contributed by atoms with van der Waals surface area (Å²) >= 11 is 0. The van der Waals surface area contributed by atoms with Gasteiger partial charge in [0.1, 0.15) is 0 Å². The minimum atomic E-state index is -0.286. The van der Waals surface area contributed by atoms with Crippen molar-refractivity contribution in [3.05, 3.63) is 0 Å². The van der Waals surface area contributed by atoms with Gasteiger partial charge in [0, 0.05) is 6.04 Å². The number of nitrogens with zero attached hydrogens (tertiary/aromatic N) is 2. The van der Waals surface area contributed by atoms with Crippen molar-refractivity contribution in [1.82, 2.24) is 10.2 Å². The van der Waals surface area contributed by atoms with Crippen LogP contribution in [0.15, 0.2) is 0 Å². The number of nitriles is 1. The molecule has 1 N–H and O–H groups in total. The number of carbonyl (C=O) groups excluding carboxylic acids is 2. The van der Waals surface area contributed by atoms with Gasteiger partial charge >= 0.3 is 0 Å². The lowest BCUT2D eigenvalue weighted by Crippen LogP contribution is -2.60. The summed E-state index contributed by atoms with van der Waals surface area (Å²) < 4.78 is 0. The molecule has 2 atom stereocenters. The molecule has 0 aliphatic carbocycles. The Morgan fingerprint density at radius 2 is 2.33 bits per heavy atom. The predicted molar refractivity (Wildman–Crippen MR) is 53.6 cm³/mol. The second-order valence-electron chi connectivity index (χ2n) is 3.72. The quantitative estimate of drug-likeness (QED) is 0.665. The summed E-state index contributed by atoms with van der Waals surface area (Å²) in [6.45, 7) is 3.96. The fourth-order valence-electron chi connectivity index (χ4n) is 1.82. The fourth-order valence-corrected chi connectivity index (χ4v) is 1.82. The van der Waals surface area contributed by atoms with Gasteiger partial charge in [-0.25, -0.2) is 0 Å². The number of hydrogen-bond donors (Lipinski definition) is 1. The van der Waals surface area contributed by atoms with Crippen LogP contribution in [0.3, 0.4) is 0 Å². The van der Waals surface area contributed by atoms with Crippen molar-refractivity contribution in [3.8, 4) is 6.07 Å². The third kappa shape index (κ3) is 2.54. The molecule has 0 radical (unpaired) electrons. The number of rotatable bonds is 3. The van der Waals surface area contributed by atoms with Gasteiger partial charge in [0.25, 0.3) is 0 Å². The number of piperazine rings is 1. The maximum Gasteiger partial charge on any atom is 0.243 e. The first-order chi connectivity index (χ1) is 7.10.